The van der Waals surface area contributed by atoms with Crippen LogP contribution in [0.5, 0.6) is 0 Å². The number of rotatable bonds is 5. The summed E-state index contributed by atoms with van der Waals surface area (Å²) in [6.07, 6.45) is 4.32. The summed E-state index contributed by atoms with van der Waals surface area (Å²) in [5.74, 6) is 1.42. The van der Waals surface area contributed by atoms with Crippen molar-refractivity contribution in [3.8, 4) is 6.07 Å². The number of anilines is 1. The molecular weight excluding hydrogens is 282 g/mol. The molecule has 112 valence electrons. The molecule has 2 rings (SSSR count). The summed E-state index contributed by atoms with van der Waals surface area (Å²) in [6, 6.07) is 9.82. The van der Waals surface area contributed by atoms with Gasteiger partial charge in [-0.25, -0.2) is 0 Å². The Morgan fingerprint density at radius 3 is 2.76 bits per heavy atom. The number of nitriles is 1. The van der Waals surface area contributed by atoms with Gasteiger partial charge in [0, 0.05) is 22.3 Å². The number of nitrogens with two attached hydrogens (primary N) is 1. The first-order valence-corrected chi connectivity index (χ1v) is 8.32. The average molecular weight is 303 g/mol. The van der Waals surface area contributed by atoms with Crippen molar-refractivity contribution in [3.63, 3.8) is 0 Å². The van der Waals surface area contributed by atoms with Crippen LogP contribution in [0.25, 0.3) is 0 Å². The summed E-state index contributed by atoms with van der Waals surface area (Å²) in [5, 5.41) is 11.3. The van der Waals surface area contributed by atoms with Crippen LogP contribution in [0.2, 0.25) is 0 Å². The van der Waals surface area contributed by atoms with Crippen LogP contribution in [0.3, 0.4) is 0 Å². The van der Waals surface area contributed by atoms with Gasteiger partial charge in [0.15, 0.2) is 0 Å². The molecule has 1 saturated carbocycles. The van der Waals surface area contributed by atoms with E-state index in [4.69, 9.17) is 11.0 Å². The Kier molecular flexibility index (Phi) is 5.94. The van der Waals surface area contributed by atoms with Crippen LogP contribution in [-0.4, -0.2) is 18.2 Å². The molecule has 4 nitrogen and oxygen atoms in total. The monoisotopic (exact) mass is 303 g/mol. The molecule has 0 aliphatic heterocycles. The zero-order valence-corrected chi connectivity index (χ0v) is 12.9. The van der Waals surface area contributed by atoms with Crippen molar-refractivity contribution in [2.75, 3.05) is 18.0 Å². The van der Waals surface area contributed by atoms with Gasteiger partial charge in [-0.05, 0) is 43.0 Å². The highest BCUT2D eigenvalue weighted by Crippen LogP contribution is 2.34. The van der Waals surface area contributed by atoms with Gasteiger partial charge < -0.3 is 11.1 Å². The van der Waals surface area contributed by atoms with E-state index in [1.165, 1.54) is 11.3 Å². The van der Waals surface area contributed by atoms with Gasteiger partial charge in [-0.1, -0.05) is 12.8 Å². The molecule has 2 atom stereocenters. The lowest BCUT2D eigenvalue weighted by atomic mass is 9.80. The number of nitrogen functional groups attached to an aromatic ring is 1. The average Bonchev–Trinajstić information content (AvgIpc) is 2.52. The van der Waals surface area contributed by atoms with E-state index in [2.05, 4.69) is 5.32 Å². The maximum Gasteiger partial charge on any atom is 0.224 e. The fraction of sp³-hybridized carbons (Fsp3) is 0.500. The molecule has 1 aliphatic carbocycles. The maximum atomic E-state index is 12.1. The number of carbonyl (C=O) groups excluding carboxylic acids is 1. The Morgan fingerprint density at radius 2 is 2.05 bits per heavy atom. The van der Waals surface area contributed by atoms with Gasteiger partial charge in [-0.2, -0.15) is 5.26 Å². The molecule has 0 bridgehead atoms. The van der Waals surface area contributed by atoms with E-state index >= 15 is 0 Å². The predicted molar refractivity (Wildman–Crippen MR) is 85.6 cm³/mol. The highest BCUT2D eigenvalue weighted by atomic mass is 32.2. The highest BCUT2D eigenvalue weighted by Gasteiger charge is 2.30. The first-order valence-electron chi connectivity index (χ1n) is 7.33. The van der Waals surface area contributed by atoms with Gasteiger partial charge in [-0.15, -0.1) is 11.8 Å². The number of hydrogen-bond donors (Lipinski definition) is 2. The first kappa shape index (κ1) is 15.7. The summed E-state index contributed by atoms with van der Waals surface area (Å²) >= 11 is 1.78. The van der Waals surface area contributed by atoms with E-state index in [-0.39, 0.29) is 18.4 Å². The van der Waals surface area contributed by atoms with Crippen LogP contribution in [0.15, 0.2) is 29.2 Å². The van der Waals surface area contributed by atoms with Gasteiger partial charge in [0.05, 0.1) is 6.07 Å². The molecule has 1 aliphatic rings. The summed E-state index contributed by atoms with van der Waals surface area (Å²) in [6.45, 7) is 0.104. The summed E-state index contributed by atoms with van der Waals surface area (Å²) < 4.78 is 0. The summed E-state index contributed by atoms with van der Waals surface area (Å²) in [7, 11) is 0. The van der Waals surface area contributed by atoms with Gasteiger partial charge in [0.1, 0.15) is 6.54 Å². The zero-order chi connectivity index (χ0) is 15.1. The molecule has 21 heavy (non-hydrogen) atoms. The van der Waals surface area contributed by atoms with Gasteiger partial charge >= 0.3 is 0 Å². The maximum absolute atomic E-state index is 12.1. The third kappa shape index (κ3) is 4.68. The second-order valence-electron chi connectivity index (χ2n) is 5.41. The molecule has 0 radical (unpaired) electrons. The van der Waals surface area contributed by atoms with Crippen LogP contribution in [0, 0.1) is 23.2 Å². The second kappa shape index (κ2) is 7.94. The van der Waals surface area contributed by atoms with Crippen LogP contribution in [-0.2, 0) is 4.79 Å². The van der Waals surface area contributed by atoms with Crippen molar-refractivity contribution >= 4 is 23.4 Å². The Hall–Kier alpha value is -1.67. The number of nitrogens with zero attached hydrogens (tertiary/aromatic N) is 1. The van der Waals surface area contributed by atoms with E-state index in [1.807, 2.05) is 30.3 Å². The molecule has 1 fully saturated rings. The number of hydrogen-bond acceptors (Lipinski definition) is 4. The van der Waals surface area contributed by atoms with E-state index in [0.717, 1.165) is 30.7 Å². The van der Waals surface area contributed by atoms with Crippen LogP contribution in [0.4, 0.5) is 5.69 Å². The largest absolute Gasteiger partial charge is 0.399 e. The summed E-state index contributed by atoms with van der Waals surface area (Å²) in [5.41, 5.74) is 6.45. The van der Waals surface area contributed by atoms with E-state index in [0.29, 0.717) is 5.92 Å². The molecule has 0 aromatic heterocycles. The molecular formula is C16H21N3OS. The van der Waals surface area contributed by atoms with Crippen molar-refractivity contribution in [1.82, 2.24) is 5.32 Å². The van der Waals surface area contributed by atoms with Crippen molar-refractivity contribution in [2.24, 2.45) is 11.8 Å². The smallest absolute Gasteiger partial charge is 0.224 e. The van der Waals surface area contributed by atoms with Crippen molar-refractivity contribution in [2.45, 2.75) is 30.6 Å². The summed E-state index contributed by atoms with van der Waals surface area (Å²) in [4.78, 5) is 13.3. The lowest BCUT2D eigenvalue weighted by Gasteiger charge is -2.30. The van der Waals surface area contributed by atoms with Gasteiger partial charge in [0.2, 0.25) is 5.91 Å². The van der Waals surface area contributed by atoms with Gasteiger partial charge in [-0.3, -0.25) is 4.79 Å². The van der Waals surface area contributed by atoms with Crippen LogP contribution < -0.4 is 11.1 Å². The van der Waals surface area contributed by atoms with Crippen molar-refractivity contribution < 1.29 is 4.79 Å². The van der Waals surface area contributed by atoms with Crippen LogP contribution >= 0.6 is 11.8 Å². The van der Waals surface area contributed by atoms with Crippen molar-refractivity contribution in [3.05, 3.63) is 24.3 Å². The predicted octanol–water partition coefficient (Wildman–Crippen LogP) is 2.81. The molecule has 1 aromatic rings. The molecule has 3 N–H and O–H groups in total. The minimum atomic E-state index is 0.0409. The topological polar surface area (TPSA) is 78.9 Å². The third-order valence-electron chi connectivity index (χ3n) is 3.93. The number of amides is 1. The number of nitrogens with one attached hydrogen (secondary N) is 1. The van der Waals surface area contributed by atoms with E-state index in [1.54, 1.807) is 11.8 Å². The van der Waals surface area contributed by atoms with Gasteiger partial charge in [0.25, 0.3) is 0 Å². The Balaban J connectivity index is 1.91. The normalized spacial score (nSPS) is 21.5. The molecule has 0 unspecified atom stereocenters. The quantitative estimate of drug-likeness (QED) is 0.498. The molecule has 0 spiro atoms. The molecule has 0 heterocycles. The minimum Gasteiger partial charge on any atom is -0.399 e. The fourth-order valence-corrected chi connectivity index (χ4v) is 3.91. The molecule has 5 heteroatoms. The molecule has 1 aromatic carbocycles. The van der Waals surface area contributed by atoms with Crippen LogP contribution in [0.1, 0.15) is 25.7 Å². The first-order chi connectivity index (χ1) is 10.2. The lowest BCUT2D eigenvalue weighted by molar-refractivity contribution is -0.127. The third-order valence-corrected chi connectivity index (χ3v) is 5.13. The zero-order valence-electron chi connectivity index (χ0n) is 12.0. The lowest BCUT2D eigenvalue weighted by Crippen LogP contribution is -2.37. The highest BCUT2D eigenvalue weighted by molar-refractivity contribution is 7.99. The molecule has 1 amide bonds. The number of thioether (sulfide) groups is 1. The fourth-order valence-electron chi connectivity index (χ4n) is 2.78. The standard InChI is InChI=1S/C16H21N3OS/c17-9-10-19-16(20)15-4-2-1-3-12(15)11-21-14-7-5-13(18)6-8-14/h5-8,12,15H,1-4,10-11,18H2,(H,19,20)/t12-,15+/m0/s1. The SMILES string of the molecule is N#CCNC(=O)[C@@H]1CCCC[C@H]1CSc1ccc(N)cc1. The number of benzene rings is 1. The van der Waals surface area contributed by atoms with E-state index < -0.39 is 0 Å². The van der Waals surface area contributed by atoms with Crippen molar-refractivity contribution in [1.29, 1.82) is 5.26 Å². The minimum absolute atomic E-state index is 0.0409. The number of carbonyl (C=O) groups is 1. The Bertz CT molecular complexity index is 509. The second-order valence-corrected chi connectivity index (χ2v) is 6.50. The Morgan fingerprint density at radius 1 is 1.33 bits per heavy atom. The molecule has 0 saturated heterocycles. The van der Waals surface area contributed by atoms with E-state index in [9.17, 15) is 4.79 Å². The Labute approximate surface area is 130 Å².